The molecule has 0 aliphatic carbocycles. The van der Waals surface area contributed by atoms with Crippen LogP contribution in [0.5, 0.6) is 0 Å². The number of hydrogen-bond donors (Lipinski definition) is 2. The lowest BCUT2D eigenvalue weighted by atomic mass is 10.1. The molecule has 1 aliphatic rings. The number of carbonyl (C=O) groups excluding carboxylic acids is 3. The molecule has 3 amide bonds. The van der Waals surface area contributed by atoms with E-state index in [0.29, 0.717) is 17.1 Å². The van der Waals surface area contributed by atoms with Gasteiger partial charge in [0.15, 0.2) is 0 Å². The van der Waals surface area contributed by atoms with Crippen molar-refractivity contribution in [3.05, 3.63) is 54.3 Å². The van der Waals surface area contributed by atoms with Crippen LogP contribution < -0.4 is 15.5 Å². The fourth-order valence-corrected chi connectivity index (χ4v) is 3.34. The van der Waals surface area contributed by atoms with Crippen molar-refractivity contribution < 1.29 is 18.8 Å². The van der Waals surface area contributed by atoms with E-state index in [2.05, 4.69) is 10.6 Å². The maximum absolute atomic E-state index is 13.2. The Morgan fingerprint density at radius 3 is 2.72 bits per heavy atom. The van der Waals surface area contributed by atoms with Gasteiger partial charge in [-0.1, -0.05) is 18.2 Å². The average Bonchev–Trinajstić information content (AvgIpc) is 2.75. The molecule has 0 saturated carbocycles. The molecule has 7 nitrogen and oxygen atoms in total. The number of rotatable bonds is 5. The normalized spacial score (nSPS) is 16.1. The zero-order valence-corrected chi connectivity index (χ0v) is 16.3. The van der Waals surface area contributed by atoms with Gasteiger partial charge in [-0.15, -0.1) is 0 Å². The van der Waals surface area contributed by atoms with Crippen molar-refractivity contribution in [1.29, 1.82) is 0 Å². The van der Waals surface area contributed by atoms with Crippen LogP contribution in [0, 0.1) is 5.82 Å². The van der Waals surface area contributed by atoms with Crippen molar-refractivity contribution in [2.45, 2.75) is 19.4 Å². The van der Waals surface area contributed by atoms with Crippen LogP contribution in [0.4, 0.5) is 21.5 Å². The summed E-state index contributed by atoms with van der Waals surface area (Å²) in [7, 11) is 1.65. The lowest BCUT2D eigenvalue weighted by Crippen LogP contribution is -2.45. The van der Waals surface area contributed by atoms with Crippen LogP contribution in [-0.4, -0.2) is 48.8 Å². The van der Waals surface area contributed by atoms with Crippen molar-refractivity contribution in [3.63, 3.8) is 0 Å². The third kappa shape index (κ3) is 5.17. The molecule has 8 heteroatoms. The molecular formula is C21H23FN4O3. The highest BCUT2D eigenvalue weighted by molar-refractivity contribution is 6.05. The number of halogens is 1. The van der Waals surface area contributed by atoms with E-state index in [4.69, 9.17) is 0 Å². The van der Waals surface area contributed by atoms with E-state index in [1.54, 1.807) is 47.2 Å². The van der Waals surface area contributed by atoms with E-state index in [9.17, 15) is 18.8 Å². The predicted octanol–water partition coefficient (Wildman–Crippen LogP) is 2.46. The highest BCUT2D eigenvalue weighted by atomic mass is 19.1. The smallest absolute Gasteiger partial charge is 0.241 e. The minimum absolute atomic E-state index is 0.0105. The first-order chi connectivity index (χ1) is 13.8. The third-order valence-electron chi connectivity index (χ3n) is 4.56. The Morgan fingerprint density at radius 2 is 1.97 bits per heavy atom. The van der Waals surface area contributed by atoms with Gasteiger partial charge in [0.05, 0.1) is 24.5 Å². The largest absolute Gasteiger partial charge is 0.325 e. The first-order valence-electron chi connectivity index (χ1n) is 9.28. The van der Waals surface area contributed by atoms with Gasteiger partial charge in [-0.25, -0.2) is 4.39 Å². The molecule has 0 spiro atoms. The number of likely N-dealkylation sites (N-methyl/N-ethyl adjacent to an activating group) is 1. The fraction of sp³-hybridized carbons (Fsp3) is 0.286. The summed E-state index contributed by atoms with van der Waals surface area (Å²) in [6.07, 6.45) is 0.185. The molecule has 0 saturated heterocycles. The molecule has 2 aromatic rings. The Balaban J connectivity index is 1.65. The van der Waals surface area contributed by atoms with Crippen molar-refractivity contribution >= 4 is 34.8 Å². The monoisotopic (exact) mass is 398 g/mol. The van der Waals surface area contributed by atoms with Crippen LogP contribution in [-0.2, 0) is 14.4 Å². The maximum atomic E-state index is 13.2. The molecule has 1 heterocycles. The van der Waals surface area contributed by atoms with Crippen LogP contribution in [0.2, 0.25) is 0 Å². The summed E-state index contributed by atoms with van der Waals surface area (Å²) in [5.74, 6) is -1.17. The number of nitrogens with one attached hydrogen (secondary N) is 2. The third-order valence-corrected chi connectivity index (χ3v) is 4.56. The quantitative estimate of drug-likeness (QED) is 0.811. The van der Waals surface area contributed by atoms with Gasteiger partial charge in [0.25, 0.3) is 0 Å². The molecule has 0 bridgehead atoms. The standard InChI is InChI=1S/C21H23FN4O3/c1-14-10-19(27)24-17-8-3-4-9-18(17)26(14)21(29)13-25(2)12-20(28)23-16-7-5-6-15(22)11-16/h3-9,11,14H,10,12-13H2,1-2H3,(H,23,28)(H,24,27). The summed E-state index contributed by atoms with van der Waals surface area (Å²) in [6, 6.07) is 12.4. The zero-order chi connectivity index (χ0) is 21.0. The second-order valence-electron chi connectivity index (χ2n) is 7.11. The van der Waals surface area contributed by atoms with Crippen molar-refractivity contribution in [1.82, 2.24) is 4.90 Å². The van der Waals surface area contributed by atoms with E-state index < -0.39 is 5.82 Å². The molecule has 0 radical (unpaired) electrons. The average molecular weight is 398 g/mol. The highest BCUT2D eigenvalue weighted by Gasteiger charge is 2.30. The second kappa shape index (κ2) is 8.83. The first-order valence-corrected chi connectivity index (χ1v) is 9.28. The van der Waals surface area contributed by atoms with Gasteiger partial charge in [0, 0.05) is 18.2 Å². The number of amides is 3. The summed E-state index contributed by atoms with van der Waals surface area (Å²) in [4.78, 5) is 40.4. The Hall–Kier alpha value is -3.26. The number of benzene rings is 2. The van der Waals surface area contributed by atoms with Gasteiger partial charge in [0.2, 0.25) is 17.7 Å². The SMILES string of the molecule is CC1CC(=O)Nc2ccccc2N1C(=O)CN(C)CC(=O)Nc1cccc(F)c1. The topological polar surface area (TPSA) is 81.8 Å². The number of fused-ring (bicyclic) bond motifs is 1. The number of nitrogens with zero attached hydrogens (tertiary/aromatic N) is 2. The van der Waals surface area contributed by atoms with Gasteiger partial charge in [0.1, 0.15) is 5.82 Å². The van der Waals surface area contributed by atoms with Crippen LogP contribution in [0.25, 0.3) is 0 Å². The molecule has 29 heavy (non-hydrogen) atoms. The summed E-state index contributed by atoms with van der Waals surface area (Å²) >= 11 is 0. The van der Waals surface area contributed by atoms with Crippen LogP contribution in [0.3, 0.4) is 0 Å². The number of hydrogen-bond acceptors (Lipinski definition) is 4. The lowest BCUT2D eigenvalue weighted by molar-refractivity contribution is -0.121. The van der Waals surface area contributed by atoms with Gasteiger partial charge in [-0.3, -0.25) is 19.3 Å². The number of carbonyl (C=O) groups is 3. The molecular weight excluding hydrogens is 375 g/mol. The van der Waals surface area contributed by atoms with Gasteiger partial charge in [-0.05, 0) is 44.3 Å². The zero-order valence-electron chi connectivity index (χ0n) is 16.3. The molecule has 152 valence electrons. The summed E-state index contributed by atoms with van der Waals surface area (Å²) in [5.41, 5.74) is 1.57. The number of para-hydroxylation sites is 2. The molecule has 0 aromatic heterocycles. The lowest BCUT2D eigenvalue weighted by Gasteiger charge is -2.29. The molecule has 2 N–H and O–H groups in total. The molecule has 2 aromatic carbocycles. The minimum atomic E-state index is -0.441. The first kappa shape index (κ1) is 20.5. The molecule has 1 unspecified atom stereocenters. The Labute approximate surface area is 168 Å². The van der Waals surface area contributed by atoms with E-state index in [1.807, 2.05) is 6.92 Å². The summed E-state index contributed by atoms with van der Waals surface area (Å²) in [5, 5.41) is 5.42. The predicted molar refractivity (Wildman–Crippen MR) is 109 cm³/mol. The van der Waals surface area contributed by atoms with Crippen LogP contribution >= 0.6 is 0 Å². The molecule has 1 aliphatic heterocycles. The van der Waals surface area contributed by atoms with Crippen molar-refractivity contribution in [3.8, 4) is 0 Å². The summed E-state index contributed by atoms with van der Waals surface area (Å²) in [6.45, 7) is 1.77. The van der Waals surface area contributed by atoms with Crippen LogP contribution in [0.1, 0.15) is 13.3 Å². The fourth-order valence-electron chi connectivity index (χ4n) is 3.34. The Bertz CT molecular complexity index is 934. The van der Waals surface area contributed by atoms with Crippen molar-refractivity contribution in [2.75, 3.05) is 35.7 Å². The molecule has 1 atom stereocenters. The second-order valence-corrected chi connectivity index (χ2v) is 7.11. The van der Waals surface area contributed by atoms with E-state index in [1.165, 1.54) is 18.2 Å². The van der Waals surface area contributed by atoms with Gasteiger partial charge < -0.3 is 15.5 Å². The van der Waals surface area contributed by atoms with E-state index in [-0.39, 0.29) is 43.3 Å². The van der Waals surface area contributed by atoms with E-state index >= 15 is 0 Å². The van der Waals surface area contributed by atoms with Gasteiger partial charge >= 0.3 is 0 Å². The minimum Gasteiger partial charge on any atom is -0.325 e. The maximum Gasteiger partial charge on any atom is 0.241 e. The summed E-state index contributed by atoms with van der Waals surface area (Å²) < 4.78 is 13.2. The van der Waals surface area contributed by atoms with Crippen molar-refractivity contribution in [2.24, 2.45) is 0 Å². The highest BCUT2D eigenvalue weighted by Crippen LogP contribution is 2.31. The Morgan fingerprint density at radius 1 is 1.21 bits per heavy atom. The number of anilines is 3. The molecule has 3 rings (SSSR count). The van der Waals surface area contributed by atoms with E-state index in [0.717, 1.165) is 0 Å². The molecule has 0 fully saturated rings. The van der Waals surface area contributed by atoms with Crippen LogP contribution in [0.15, 0.2) is 48.5 Å². The van der Waals surface area contributed by atoms with Gasteiger partial charge in [-0.2, -0.15) is 0 Å². The Kier molecular flexibility index (Phi) is 6.23.